The summed E-state index contributed by atoms with van der Waals surface area (Å²) < 4.78 is 21.3. The van der Waals surface area contributed by atoms with Gasteiger partial charge >= 0.3 is 7.82 Å². The van der Waals surface area contributed by atoms with Gasteiger partial charge in [0, 0.05) is 6.61 Å². The molecule has 0 unspecified atom stereocenters. The maximum absolute atomic E-state index is 10.7. The summed E-state index contributed by atoms with van der Waals surface area (Å²) >= 11 is 0. The van der Waals surface area contributed by atoms with E-state index in [4.69, 9.17) is 14.2 Å². The van der Waals surface area contributed by atoms with Gasteiger partial charge in [-0.1, -0.05) is 34.6 Å². The van der Waals surface area contributed by atoms with Crippen LogP contribution in [0.15, 0.2) is 0 Å². The van der Waals surface area contributed by atoms with Crippen molar-refractivity contribution >= 4 is 16.1 Å². The summed E-state index contributed by atoms with van der Waals surface area (Å²) in [6, 6.07) is 0. The van der Waals surface area contributed by atoms with Gasteiger partial charge in [-0.15, -0.1) is 0 Å². The molecule has 0 atom stereocenters. The lowest BCUT2D eigenvalue weighted by atomic mass is 9.91. The number of phosphoric acid groups is 1. The standard InChI is InChI=1S/C12H29O5PSi/c1-11(2,3)19(6,7)17-9-8-12(4,5)10-16-18(13,14)15/h8-10H2,1-7H3,(H2,13,14,15). The summed E-state index contributed by atoms with van der Waals surface area (Å²) in [5.41, 5.74) is -0.316. The largest absolute Gasteiger partial charge is 0.469 e. The Balaban J connectivity index is 4.23. The molecule has 0 aromatic carbocycles. The van der Waals surface area contributed by atoms with Crippen molar-refractivity contribution in [2.45, 2.75) is 59.2 Å². The third-order valence-corrected chi connectivity index (χ3v) is 8.68. The molecular formula is C12H29O5PSi. The summed E-state index contributed by atoms with van der Waals surface area (Å²) in [5.74, 6) is 0. The van der Waals surface area contributed by atoms with E-state index in [1.54, 1.807) is 0 Å². The molecule has 0 fully saturated rings. The lowest BCUT2D eigenvalue weighted by molar-refractivity contribution is 0.107. The van der Waals surface area contributed by atoms with Crippen LogP contribution in [0.25, 0.3) is 0 Å². The topological polar surface area (TPSA) is 76.0 Å². The fraction of sp³-hybridized carbons (Fsp3) is 1.00. The minimum atomic E-state index is -4.39. The predicted molar refractivity (Wildman–Crippen MR) is 79.5 cm³/mol. The van der Waals surface area contributed by atoms with Crippen LogP contribution in [0.3, 0.4) is 0 Å². The first-order chi connectivity index (χ1) is 8.16. The monoisotopic (exact) mass is 312 g/mol. The van der Waals surface area contributed by atoms with Gasteiger partial charge in [-0.05, 0) is 30.0 Å². The fourth-order valence-corrected chi connectivity index (χ4v) is 2.69. The first-order valence-corrected chi connectivity index (χ1v) is 10.9. The molecule has 0 aromatic heterocycles. The van der Waals surface area contributed by atoms with Crippen LogP contribution in [0.5, 0.6) is 0 Å². The molecule has 0 saturated heterocycles. The summed E-state index contributed by atoms with van der Waals surface area (Å²) in [6.45, 7) is 15.4. The first-order valence-electron chi connectivity index (χ1n) is 6.50. The van der Waals surface area contributed by atoms with Gasteiger partial charge in [0.15, 0.2) is 8.32 Å². The summed E-state index contributed by atoms with van der Waals surface area (Å²) in [4.78, 5) is 17.4. The molecule has 0 spiro atoms. The normalized spacial score (nSPS) is 14.8. The highest BCUT2D eigenvalue weighted by atomic mass is 31.2. The Morgan fingerprint density at radius 2 is 1.58 bits per heavy atom. The minimum Gasteiger partial charge on any atom is -0.417 e. The van der Waals surface area contributed by atoms with Gasteiger partial charge in [-0.3, -0.25) is 4.52 Å². The quantitative estimate of drug-likeness (QED) is 0.555. The SMILES string of the molecule is CC(C)(CCO[Si](C)(C)C(C)(C)C)COP(=O)(O)O. The maximum atomic E-state index is 10.7. The molecule has 0 radical (unpaired) electrons. The predicted octanol–water partition coefficient (Wildman–Crippen LogP) is 3.53. The van der Waals surface area contributed by atoms with E-state index in [1.165, 1.54) is 0 Å². The number of hydrogen-bond acceptors (Lipinski definition) is 3. The van der Waals surface area contributed by atoms with E-state index in [0.29, 0.717) is 13.0 Å². The Morgan fingerprint density at radius 1 is 1.11 bits per heavy atom. The Morgan fingerprint density at radius 3 is 1.95 bits per heavy atom. The van der Waals surface area contributed by atoms with Crippen LogP contribution in [-0.2, 0) is 13.5 Å². The molecule has 0 heterocycles. The van der Waals surface area contributed by atoms with Crippen molar-refractivity contribution in [1.29, 1.82) is 0 Å². The lowest BCUT2D eigenvalue weighted by Gasteiger charge is -2.37. The zero-order valence-corrected chi connectivity index (χ0v) is 15.1. The minimum absolute atomic E-state index is 0.0259. The molecule has 19 heavy (non-hydrogen) atoms. The van der Waals surface area contributed by atoms with E-state index in [-0.39, 0.29) is 17.1 Å². The Bertz CT molecular complexity index is 330. The van der Waals surface area contributed by atoms with E-state index in [2.05, 4.69) is 38.4 Å². The molecule has 0 aliphatic heterocycles. The van der Waals surface area contributed by atoms with Gasteiger partial charge in [0.25, 0.3) is 0 Å². The second-order valence-corrected chi connectivity index (χ2v) is 13.3. The highest BCUT2D eigenvalue weighted by Crippen LogP contribution is 2.40. The van der Waals surface area contributed by atoms with Crippen molar-refractivity contribution in [1.82, 2.24) is 0 Å². The number of rotatable bonds is 7. The third-order valence-electron chi connectivity index (χ3n) is 3.67. The molecule has 0 bridgehead atoms. The van der Waals surface area contributed by atoms with Gasteiger partial charge in [0.05, 0.1) is 6.61 Å². The van der Waals surface area contributed by atoms with Crippen LogP contribution in [0, 0.1) is 5.41 Å². The Hall–Kier alpha value is 0.287. The molecule has 0 aromatic rings. The van der Waals surface area contributed by atoms with Crippen molar-refractivity contribution in [2.24, 2.45) is 5.41 Å². The molecule has 5 nitrogen and oxygen atoms in total. The molecule has 0 amide bonds. The molecule has 0 aliphatic carbocycles. The van der Waals surface area contributed by atoms with Crippen LogP contribution < -0.4 is 0 Å². The molecule has 7 heteroatoms. The molecule has 0 saturated carbocycles. The highest BCUT2D eigenvalue weighted by molar-refractivity contribution is 7.46. The molecule has 116 valence electrons. The van der Waals surface area contributed by atoms with Crippen LogP contribution >= 0.6 is 7.82 Å². The van der Waals surface area contributed by atoms with Crippen LogP contribution in [-0.4, -0.2) is 31.3 Å². The van der Waals surface area contributed by atoms with Crippen molar-refractivity contribution in [3.05, 3.63) is 0 Å². The molecule has 0 rings (SSSR count). The van der Waals surface area contributed by atoms with Crippen LogP contribution in [0.1, 0.15) is 41.0 Å². The number of phosphoric ester groups is 1. The van der Waals surface area contributed by atoms with Gasteiger partial charge in [0.2, 0.25) is 0 Å². The van der Waals surface area contributed by atoms with E-state index < -0.39 is 16.1 Å². The van der Waals surface area contributed by atoms with Crippen molar-refractivity contribution in [3.8, 4) is 0 Å². The molecular weight excluding hydrogens is 283 g/mol. The van der Waals surface area contributed by atoms with Crippen LogP contribution in [0.4, 0.5) is 0 Å². The van der Waals surface area contributed by atoms with Crippen LogP contribution in [0.2, 0.25) is 18.1 Å². The average Bonchev–Trinajstić information content (AvgIpc) is 2.11. The van der Waals surface area contributed by atoms with E-state index in [9.17, 15) is 4.57 Å². The number of hydrogen-bond donors (Lipinski definition) is 2. The van der Waals surface area contributed by atoms with Gasteiger partial charge in [-0.2, -0.15) is 0 Å². The van der Waals surface area contributed by atoms with Crippen molar-refractivity contribution < 1.29 is 23.3 Å². The molecule has 0 aliphatic rings. The second-order valence-electron chi connectivity index (χ2n) is 7.29. The van der Waals surface area contributed by atoms with Crippen molar-refractivity contribution in [2.75, 3.05) is 13.2 Å². The van der Waals surface area contributed by atoms with Crippen molar-refractivity contribution in [3.63, 3.8) is 0 Å². The fourth-order valence-electron chi connectivity index (χ4n) is 1.13. The summed E-state index contributed by atoms with van der Waals surface area (Å²) in [6.07, 6.45) is 0.708. The Kier molecular flexibility index (Phi) is 6.47. The van der Waals surface area contributed by atoms with Gasteiger partial charge in [0.1, 0.15) is 0 Å². The lowest BCUT2D eigenvalue weighted by Crippen LogP contribution is -2.41. The maximum Gasteiger partial charge on any atom is 0.469 e. The first kappa shape index (κ1) is 19.3. The average molecular weight is 312 g/mol. The smallest absolute Gasteiger partial charge is 0.417 e. The Labute approximate surface area is 118 Å². The van der Waals surface area contributed by atoms with E-state index in [1.807, 2.05) is 13.8 Å². The summed E-state index contributed by atoms with van der Waals surface area (Å²) in [7, 11) is -6.14. The second kappa shape index (κ2) is 6.37. The third kappa shape index (κ3) is 8.22. The van der Waals surface area contributed by atoms with E-state index >= 15 is 0 Å². The van der Waals surface area contributed by atoms with E-state index in [0.717, 1.165) is 0 Å². The zero-order chi connectivity index (χ0) is 15.5. The zero-order valence-electron chi connectivity index (χ0n) is 13.2. The summed E-state index contributed by atoms with van der Waals surface area (Å²) in [5, 5.41) is 0.166. The van der Waals surface area contributed by atoms with Gasteiger partial charge in [-0.25, -0.2) is 4.57 Å². The molecule has 2 N–H and O–H groups in total. The van der Waals surface area contributed by atoms with Gasteiger partial charge < -0.3 is 14.2 Å². The highest BCUT2D eigenvalue weighted by Gasteiger charge is 2.37.